The zero-order valence-electron chi connectivity index (χ0n) is 17.6. The van der Waals surface area contributed by atoms with Crippen LogP contribution in [0.25, 0.3) is 10.8 Å². The van der Waals surface area contributed by atoms with Crippen LogP contribution in [0.5, 0.6) is 5.75 Å². The highest BCUT2D eigenvalue weighted by Gasteiger charge is 2.09. The Morgan fingerprint density at radius 2 is 1.60 bits per heavy atom. The number of fused-ring (bicyclic) bond motifs is 1. The van der Waals surface area contributed by atoms with Gasteiger partial charge in [0.2, 0.25) is 0 Å². The number of halogens is 3. The molecule has 3 aromatic carbocycles. The third-order valence-corrected chi connectivity index (χ3v) is 5.11. The lowest BCUT2D eigenvalue weighted by atomic mass is 10.0. The van der Waals surface area contributed by atoms with Crippen LogP contribution in [-0.2, 0) is 13.2 Å². The molecule has 0 unspecified atom stereocenters. The molecule has 1 N–H and O–H groups in total. The zero-order valence-corrected chi connectivity index (χ0v) is 19.2. The molecular formula is C24H31Cl2FN2O. The Labute approximate surface area is 191 Å². The summed E-state index contributed by atoms with van der Waals surface area (Å²) in [5.41, 5.74) is 2.12. The van der Waals surface area contributed by atoms with Gasteiger partial charge in [0.25, 0.3) is 0 Å². The minimum absolute atomic E-state index is 0. The summed E-state index contributed by atoms with van der Waals surface area (Å²) in [6, 6.07) is 19.0. The summed E-state index contributed by atoms with van der Waals surface area (Å²) < 4.78 is 19.2. The average molecular weight is 453 g/mol. The van der Waals surface area contributed by atoms with E-state index < -0.39 is 0 Å². The zero-order chi connectivity index (χ0) is 19.8. The molecule has 3 rings (SSSR count). The molecule has 0 aliphatic carbocycles. The van der Waals surface area contributed by atoms with Crippen molar-refractivity contribution in [1.29, 1.82) is 0 Å². The number of ether oxygens (including phenoxy) is 1. The molecule has 0 aliphatic heterocycles. The molecule has 6 heteroatoms. The minimum atomic E-state index is -0.229. The topological polar surface area (TPSA) is 24.5 Å². The normalized spacial score (nSPS) is 10.5. The van der Waals surface area contributed by atoms with Crippen LogP contribution in [-0.4, -0.2) is 31.1 Å². The molecule has 0 amide bonds. The SMILES string of the molecule is CCN(CC)CCNCc1c(OCc2ccc(F)cc2)ccc2ccccc12.Cl.Cl. The molecule has 0 aromatic heterocycles. The van der Waals surface area contributed by atoms with Crippen molar-refractivity contribution in [2.45, 2.75) is 27.0 Å². The molecule has 0 aliphatic rings. The summed E-state index contributed by atoms with van der Waals surface area (Å²) in [6.07, 6.45) is 0. The van der Waals surface area contributed by atoms with Gasteiger partial charge < -0.3 is 15.0 Å². The molecule has 0 heterocycles. The highest BCUT2D eigenvalue weighted by molar-refractivity contribution is 5.87. The van der Waals surface area contributed by atoms with E-state index in [2.05, 4.69) is 54.4 Å². The van der Waals surface area contributed by atoms with Crippen molar-refractivity contribution in [3.63, 3.8) is 0 Å². The largest absolute Gasteiger partial charge is 0.489 e. The van der Waals surface area contributed by atoms with Gasteiger partial charge >= 0.3 is 0 Å². The van der Waals surface area contributed by atoms with Gasteiger partial charge in [-0.15, -0.1) is 24.8 Å². The number of hydrogen-bond acceptors (Lipinski definition) is 3. The summed E-state index contributed by atoms with van der Waals surface area (Å²) in [7, 11) is 0. The van der Waals surface area contributed by atoms with Crippen LogP contribution in [0.15, 0.2) is 60.7 Å². The fraction of sp³-hybridized carbons (Fsp3) is 0.333. The van der Waals surface area contributed by atoms with Crippen molar-refractivity contribution in [3.8, 4) is 5.75 Å². The van der Waals surface area contributed by atoms with Crippen LogP contribution in [0.3, 0.4) is 0 Å². The molecular weight excluding hydrogens is 422 g/mol. The predicted molar refractivity (Wildman–Crippen MR) is 129 cm³/mol. The van der Waals surface area contributed by atoms with Crippen LogP contribution in [0.1, 0.15) is 25.0 Å². The number of likely N-dealkylation sites (N-methyl/N-ethyl adjacent to an activating group) is 1. The van der Waals surface area contributed by atoms with Crippen molar-refractivity contribution in [2.24, 2.45) is 0 Å². The first-order valence-electron chi connectivity index (χ1n) is 10.0. The second-order valence-corrected chi connectivity index (χ2v) is 6.88. The molecule has 0 spiro atoms. The maximum Gasteiger partial charge on any atom is 0.124 e. The van der Waals surface area contributed by atoms with Gasteiger partial charge in [0, 0.05) is 25.2 Å². The van der Waals surface area contributed by atoms with Crippen molar-refractivity contribution in [2.75, 3.05) is 26.2 Å². The van der Waals surface area contributed by atoms with Gasteiger partial charge in [0.05, 0.1) is 0 Å². The molecule has 0 bridgehead atoms. The number of nitrogens with one attached hydrogen (secondary N) is 1. The van der Waals surface area contributed by atoms with E-state index in [-0.39, 0.29) is 30.6 Å². The number of rotatable bonds is 10. The molecule has 0 atom stereocenters. The van der Waals surface area contributed by atoms with Crippen LogP contribution < -0.4 is 10.1 Å². The summed E-state index contributed by atoms with van der Waals surface area (Å²) in [5.74, 6) is 0.644. The molecule has 0 fully saturated rings. The Hall–Kier alpha value is -1.85. The monoisotopic (exact) mass is 452 g/mol. The van der Waals surface area contributed by atoms with Gasteiger partial charge in [-0.2, -0.15) is 0 Å². The highest BCUT2D eigenvalue weighted by Crippen LogP contribution is 2.28. The lowest BCUT2D eigenvalue weighted by molar-refractivity contribution is 0.296. The first kappa shape index (κ1) is 26.2. The van der Waals surface area contributed by atoms with Crippen molar-refractivity contribution < 1.29 is 9.13 Å². The van der Waals surface area contributed by atoms with E-state index in [0.717, 1.165) is 44.0 Å². The van der Waals surface area contributed by atoms with Crippen molar-refractivity contribution >= 4 is 35.6 Å². The smallest absolute Gasteiger partial charge is 0.124 e. The van der Waals surface area contributed by atoms with Gasteiger partial charge in [-0.25, -0.2) is 4.39 Å². The van der Waals surface area contributed by atoms with Gasteiger partial charge in [-0.05, 0) is 47.6 Å². The van der Waals surface area contributed by atoms with Crippen LogP contribution in [0.2, 0.25) is 0 Å². The molecule has 3 nitrogen and oxygen atoms in total. The Kier molecular flexibility index (Phi) is 11.7. The molecule has 164 valence electrons. The van der Waals surface area contributed by atoms with Gasteiger partial charge in [0.15, 0.2) is 0 Å². The third kappa shape index (κ3) is 7.13. The minimum Gasteiger partial charge on any atom is -0.489 e. The van der Waals surface area contributed by atoms with E-state index in [1.54, 1.807) is 12.1 Å². The van der Waals surface area contributed by atoms with Gasteiger partial charge in [-0.3, -0.25) is 0 Å². The summed E-state index contributed by atoms with van der Waals surface area (Å²) in [4.78, 5) is 2.40. The maximum atomic E-state index is 13.1. The Bertz CT molecular complexity index is 886. The van der Waals surface area contributed by atoms with Gasteiger partial charge in [-0.1, -0.05) is 56.3 Å². The first-order valence-corrected chi connectivity index (χ1v) is 10.0. The lowest BCUT2D eigenvalue weighted by Crippen LogP contribution is -2.31. The quantitative estimate of drug-likeness (QED) is 0.391. The van der Waals surface area contributed by atoms with E-state index in [1.165, 1.54) is 28.5 Å². The average Bonchev–Trinajstić information content (AvgIpc) is 2.74. The van der Waals surface area contributed by atoms with E-state index in [9.17, 15) is 4.39 Å². The summed E-state index contributed by atoms with van der Waals surface area (Å²) >= 11 is 0. The fourth-order valence-corrected chi connectivity index (χ4v) is 3.37. The highest BCUT2D eigenvalue weighted by atomic mass is 35.5. The van der Waals surface area contributed by atoms with Crippen LogP contribution in [0, 0.1) is 5.82 Å². The Morgan fingerprint density at radius 3 is 2.30 bits per heavy atom. The standard InChI is InChI=1S/C24H29FN2O.2ClH/c1-3-27(4-2)16-15-26-17-23-22-8-6-5-7-20(22)11-14-24(23)28-18-19-9-12-21(25)13-10-19;;/h5-14,26H,3-4,15-18H2,1-2H3;2*1H. The molecule has 3 aromatic rings. The molecule has 30 heavy (non-hydrogen) atoms. The second-order valence-electron chi connectivity index (χ2n) is 6.88. The number of benzene rings is 3. The van der Waals surface area contributed by atoms with Gasteiger partial charge in [0.1, 0.15) is 18.2 Å². The first-order chi connectivity index (χ1) is 13.7. The lowest BCUT2D eigenvalue weighted by Gasteiger charge is -2.19. The second kappa shape index (κ2) is 13.5. The molecule has 0 radical (unpaired) electrons. The van der Waals surface area contributed by atoms with Crippen LogP contribution >= 0.6 is 24.8 Å². The fourth-order valence-electron chi connectivity index (χ4n) is 3.37. The van der Waals surface area contributed by atoms with E-state index in [0.29, 0.717) is 6.61 Å². The van der Waals surface area contributed by atoms with Crippen molar-refractivity contribution in [1.82, 2.24) is 10.2 Å². The van der Waals surface area contributed by atoms with E-state index >= 15 is 0 Å². The number of nitrogens with zero attached hydrogens (tertiary/aromatic N) is 1. The van der Waals surface area contributed by atoms with Crippen LogP contribution in [0.4, 0.5) is 4.39 Å². The summed E-state index contributed by atoms with van der Waals surface area (Å²) in [5, 5.41) is 5.98. The summed E-state index contributed by atoms with van der Waals surface area (Å²) in [6.45, 7) is 9.65. The molecule has 0 saturated carbocycles. The molecule has 0 saturated heterocycles. The maximum absolute atomic E-state index is 13.1. The predicted octanol–water partition coefficient (Wildman–Crippen LogP) is 5.83. The number of hydrogen-bond donors (Lipinski definition) is 1. The van der Waals surface area contributed by atoms with E-state index in [1.807, 2.05) is 6.07 Å². The Morgan fingerprint density at radius 1 is 0.900 bits per heavy atom. The third-order valence-electron chi connectivity index (χ3n) is 5.11. The van der Waals surface area contributed by atoms with Crippen molar-refractivity contribution in [3.05, 3.63) is 77.6 Å². The Balaban J connectivity index is 0.00000225. The van der Waals surface area contributed by atoms with E-state index in [4.69, 9.17) is 4.74 Å².